The van der Waals surface area contributed by atoms with Gasteiger partial charge < -0.3 is 4.90 Å². The van der Waals surface area contributed by atoms with E-state index in [1.54, 1.807) is 0 Å². The second-order valence-corrected chi connectivity index (χ2v) is 9.69. The average molecular weight is 394 g/mol. The Balaban J connectivity index is 1.30. The maximum atomic E-state index is 12.9. The molecule has 0 bridgehead atoms. The van der Waals surface area contributed by atoms with Gasteiger partial charge in [0, 0.05) is 25.2 Å². The van der Waals surface area contributed by atoms with Crippen LogP contribution in [0.4, 0.5) is 0 Å². The van der Waals surface area contributed by atoms with Crippen molar-refractivity contribution in [2.45, 2.75) is 94.2 Å². The first kappa shape index (κ1) is 19.3. The van der Waals surface area contributed by atoms with Crippen LogP contribution in [0, 0.1) is 0 Å². The number of carbonyl (C=O) groups is 1. The van der Waals surface area contributed by atoms with Crippen molar-refractivity contribution in [3.05, 3.63) is 35.9 Å². The lowest BCUT2D eigenvalue weighted by Gasteiger charge is -2.50. The fourth-order valence-corrected chi connectivity index (χ4v) is 6.59. The molecule has 1 aromatic rings. The van der Waals surface area contributed by atoms with Crippen LogP contribution < -0.4 is 0 Å². The van der Waals surface area contributed by atoms with Gasteiger partial charge in [-0.05, 0) is 50.0 Å². The van der Waals surface area contributed by atoms with E-state index >= 15 is 0 Å². The van der Waals surface area contributed by atoms with Gasteiger partial charge in [-0.15, -0.1) is 0 Å². The summed E-state index contributed by atoms with van der Waals surface area (Å²) in [7, 11) is 0. The lowest BCUT2D eigenvalue weighted by atomic mass is 9.76. The van der Waals surface area contributed by atoms with Crippen LogP contribution in [0.5, 0.6) is 0 Å². The van der Waals surface area contributed by atoms with Gasteiger partial charge in [-0.1, -0.05) is 62.4 Å². The minimum absolute atomic E-state index is 0.131. The SMILES string of the molecule is O=C1N=CN(C2CCCCC2)C12CCN([C@H]1CCCC[C@H]1c1ccccc1)CC2. The molecule has 1 spiro atoms. The zero-order valence-electron chi connectivity index (χ0n) is 17.6. The molecule has 2 atom stereocenters. The zero-order chi connectivity index (χ0) is 19.7. The van der Waals surface area contributed by atoms with Crippen LogP contribution in [-0.2, 0) is 4.79 Å². The zero-order valence-corrected chi connectivity index (χ0v) is 17.6. The molecule has 1 amide bonds. The molecule has 4 nitrogen and oxygen atoms in total. The average Bonchev–Trinajstić information content (AvgIpc) is 3.11. The maximum Gasteiger partial charge on any atom is 0.273 e. The van der Waals surface area contributed by atoms with E-state index < -0.39 is 0 Å². The number of aliphatic imine (C=N–C) groups is 1. The Morgan fingerprint density at radius 1 is 0.862 bits per heavy atom. The number of likely N-dealkylation sites (tertiary alicyclic amines) is 1. The summed E-state index contributed by atoms with van der Waals surface area (Å²) >= 11 is 0. The monoisotopic (exact) mass is 393 g/mol. The first-order chi connectivity index (χ1) is 14.3. The molecule has 4 heteroatoms. The second kappa shape index (κ2) is 8.22. The molecule has 0 aromatic heterocycles. The molecule has 2 aliphatic carbocycles. The summed E-state index contributed by atoms with van der Waals surface area (Å²) in [6, 6.07) is 12.3. The number of rotatable bonds is 3. The molecule has 29 heavy (non-hydrogen) atoms. The van der Waals surface area contributed by atoms with Crippen molar-refractivity contribution in [2.75, 3.05) is 13.1 Å². The highest BCUT2D eigenvalue weighted by atomic mass is 16.2. The molecule has 2 saturated carbocycles. The number of carbonyl (C=O) groups excluding carboxylic acids is 1. The van der Waals surface area contributed by atoms with E-state index in [9.17, 15) is 4.79 Å². The Morgan fingerprint density at radius 2 is 1.55 bits per heavy atom. The van der Waals surface area contributed by atoms with Crippen LogP contribution in [0.2, 0.25) is 0 Å². The van der Waals surface area contributed by atoms with Gasteiger partial charge in [0.1, 0.15) is 5.54 Å². The number of amides is 1. The molecule has 5 rings (SSSR count). The highest BCUT2D eigenvalue weighted by Gasteiger charge is 2.51. The molecule has 2 heterocycles. The van der Waals surface area contributed by atoms with Gasteiger partial charge in [0.05, 0.1) is 6.34 Å². The van der Waals surface area contributed by atoms with Crippen LogP contribution in [0.15, 0.2) is 35.3 Å². The molecule has 156 valence electrons. The minimum Gasteiger partial charge on any atom is -0.345 e. The summed E-state index contributed by atoms with van der Waals surface area (Å²) in [5.41, 5.74) is 1.16. The summed E-state index contributed by atoms with van der Waals surface area (Å²) in [6.07, 6.45) is 15.5. The molecule has 3 fully saturated rings. The normalized spacial score (nSPS) is 30.9. The first-order valence-electron chi connectivity index (χ1n) is 11.9. The predicted molar refractivity (Wildman–Crippen MR) is 117 cm³/mol. The van der Waals surface area contributed by atoms with Gasteiger partial charge in [0.25, 0.3) is 5.91 Å². The highest BCUT2D eigenvalue weighted by molar-refractivity contribution is 5.99. The molecule has 0 unspecified atom stereocenters. The first-order valence-corrected chi connectivity index (χ1v) is 11.9. The van der Waals surface area contributed by atoms with Crippen molar-refractivity contribution in [3.8, 4) is 0 Å². The number of benzene rings is 1. The summed E-state index contributed by atoms with van der Waals surface area (Å²) in [6.45, 7) is 2.07. The lowest BCUT2D eigenvalue weighted by molar-refractivity contribution is -0.130. The van der Waals surface area contributed by atoms with E-state index in [1.165, 1.54) is 63.4 Å². The van der Waals surface area contributed by atoms with Crippen LogP contribution >= 0.6 is 0 Å². The van der Waals surface area contributed by atoms with Gasteiger partial charge >= 0.3 is 0 Å². The molecule has 2 aliphatic heterocycles. The van der Waals surface area contributed by atoms with E-state index in [4.69, 9.17) is 0 Å². The Hall–Kier alpha value is -1.68. The predicted octanol–water partition coefficient (Wildman–Crippen LogP) is 4.75. The number of hydrogen-bond donors (Lipinski definition) is 0. The molecule has 0 N–H and O–H groups in total. The number of hydrogen-bond acceptors (Lipinski definition) is 3. The van der Waals surface area contributed by atoms with Gasteiger partial charge in [-0.2, -0.15) is 0 Å². The summed E-state index contributed by atoms with van der Waals surface area (Å²) in [4.78, 5) is 22.3. The van der Waals surface area contributed by atoms with Gasteiger partial charge in [-0.3, -0.25) is 9.69 Å². The van der Waals surface area contributed by atoms with Gasteiger partial charge in [0.15, 0.2) is 0 Å². The smallest absolute Gasteiger partial charge is 0.273 e. The molecule has 1 aromatic carbocycles. The second-order valence-electron chi connectivity index (χ2n) is 9.69. The lowest BCUT2D eigenvalue weighted by Crippen LogP contribution is -2.60. The fraction of sp³-hybridized carbons (Fsp3) is 0.680. The maximum absolute atomic E-state index is 12.9. The summed E-state index contributed by atoms with van der Waals surface area (Å²) in [5, 5.41) is 0. The van der Waals surface area contributed by atoms with Gasteiger partial charge in [0.2, 0.25) is 0 Å². The van der Waals surface area contributed by atoms with Crippen molar-refractivity contribution in [1.29, 1.82) is 0 Å². The van der Waals surface area contributed by atoms with Crippen molar-refractivity contribution in [2.24, 2.45) is 4.99 Å². The van der Waals surface area contributed by atoms with E-state index in [2.05, 4.69) is 45.1 Å². The standard InChI is InChI=1S/C25H35N3O/c29-24-25(28(19-26-24)21-11-5-2-6-12-21)15-17-27(18-16-25)23-14-8-7-13-22(23)20-9-3-1-4-10-20/h1,3-4,9-10,19,21-23H,2,5-8,11-18H2/t22-,23-/m0/s1. The van der Waals surface area contributed by atoms with Crippen molar-refractivity contribution in [3.63, 3.8) is 0 Å². The van der Waals surface area contributed by atoms with E-state index in [0.29, 0.717) is 18.0 Å². The number of nitrogens with zero attached hydrogens (tertiary/aromatic N) is 3. The van der Waals surface area contributed by atoms with Crippen LogP contribution in [0.3, 0.4) is 0 Å². The third-order valence-corrected chi connectivity index (χ3v) is 8.21. The molecular formula is C25H35N3O. The van der Waals surface area contributed by atoms with Gasteiger partial charge in [-0.25, -0.2) is 4.99 Å². The Labute approximate surface area is 175 Å². The Kier molecular flexibility index (Phi) is 5.47. The van der Waals surface area contributed by atoms with Crippen LogP contribution in [0.1, 0.15) is 82.1 Å². The highest BCUT2D eigenvalue weighted by Crippen LogP contribution is 2.42. The third kappa shape index (κ3) is 3.54. The Morgan fingerprint density at radius 3 is 2.31 bits per heavy atom. The topological polar surface area (TPSA) is 35.9 Å². The van der Waals surface area contributed by atoms with Crippen LogP contribution in [-0.4, -0.2) is 52.8 Å². The molecule has 4 aliphatic rings. The summed E-state index contributed by atoms with van der Waals surface area (Å²) < 4.78 is 0. The number of piperidine rings is 1. The van der Waals surface area contributed by atoms with Crippen molar-refractivity contribution >= 4 is 12.2 Å². The van der Waals surface area contributed by atoms with Crippen molar-refractivity contribution < 1.29 is 4.79 Å². The minimum atomic E-state index is -0.338. The quantitative estimate of drug-likeness (QED) is 0.743. The van der Waals surface area contributed by atoms with E-state index in [1.807, 2.05) is 6.34 Å². The van der Waals surface area contributed by atoms with Crippen molar-refractivity contribution in [1.82, 2.24) is 9.80 Å². The van der Waals surface area contributed by atoms with E-state index in [0.717, 1.165) is 25.9 Å². The molecular weight excluding hydrogens is 358 g/mol. The largest absolute Gasteiger partial charge is 0.345 e. The third-order valence-electron chi connectivity index (χ3n) is 8.21. The molecule has 0 radical (unpaired) electrons. The van der Waals surface area contributed by atoms with E-state index in [-0.39, 0.29) is 11.4 Å². The summed E-state index contributed by atoms with van der Waals surface area (Å²) in [5.74, 6) is 0.773. The van der Waals surface area contributed by atoms with Crippen LogP contribution in [0.25, 0.3) is 0 Å². The fourth-order valence-electron chi connectivity index (χ4n) is 6.59. The Bertz CT molecular complexity index is 732. The molecule has 1 saturated heterocycles.